The Hall–Kier alpha value is -0.850. The largest absolute Gasteiger partial charge is 0.385 e. The Kier molecular flexibility index (Phi) is 8.64. The minimum absolute atomic E-state index is 0.0542. The topological polar surface area (TPSA) is 58.1 Å². The maximum Gasteiger partial charge on any atom is 0.191 e. The second-order valence-corrected chi connectivity index (χ2v) is 5.88. The molecule has 21 heavy (non-hydrogen) atoms. The van der Waals surface area contributed by atoms with E-state index in [9.17, 15) is 0 Å². The third-order valence-electron chi connectivity index (χ3n) is 3.65. The lowest BCUT2D eigenvalue weighted by molar-refractivity contribution is -0.00683. The second-order valence-electron chi connectivity index (χ2n) is 5.88. The Morgan fingerprint density at radius 2 is 2.00 bits per heavy atom. The van der Waals surface area contributed by atoms with Gasteiger partial charge in [0.2, 0.25) is 0 Å². The average Bonchev–Trinajstić information content (AvgIpc) is 2.50. The molecule has 2 N–H and O–H groups in total. The first kappa shape index (κ1) is 18.2. The van der Waals surface area contributed by atoms with E-state index in [1.165, 1.54) is 0 Å². The molecule has 0 aromatic carbocycles. The van der Waals surface area contributed by atoms with Crippen LogP contribution >= 0.6 is 0 Å². The van der Waals surface area contributed by atoms with E-state index in [4.69, 9.17) is 14.5 Å². The minimum atomic E-state index is 0.0542. The number of morpholine rings is 1. The molecule has 0 atom stereocenters. The van der Waals surface area contributed by atoms with Crippen LogP contribution in [0.3, 0.4) is 0 Å². The van der Waals surface area contributed by atoms with Crippen LogP contribution < -0.4 is 10.6 Å². The molecule has 1 aliphatic rings. The number of ether oxygens (including phenoxy) is 2. The molecule has 6 heteroatoms. The van der Waals surface area contributed by atoms with Gasteiger partial charge in [0.15, 0.2) is 5.96 Å². The molecule has 0 aromatic rings. The first-order valence-electron chi connectivity index (χ1n) is 7.94. The summed E-state index contributed by atoms with van der Waals surface area (Å²) >= 11 is 0. The van der Waals surface area contributed by atoms with Crippen molar-refractivity contribution in [3.63, 3.8) is 0 Å². The number of rotatable bonds is 8. The second kappa shape index (κ2) is 9.97. The lowest BCUT2D eigenvalue weighted by Crippen LogP contribution is -2.52. The van der Waals surface area contributed by atoms with Gasteiger partial charge in [0.05, 0.1) is 19.8 Å². The molecule has 0 spiro atoms. The van der Waals surface area contributed by atoms with E-state index < -0.39 is 0 Å². The van der Waals surface area contributed by atoms with Crippen molar-refractivity contribution < 1.29 is 9.47 Å². The molecule has 6 nitrogen and oxygen atoms in total. The quantitative estimate of drug-likeness (QED) is 0.392. The van der Waals surface area contributed by atoms with E-state index in [0.29, 0.717) is 0 Å². The van der Waals surface area contributed by atoms with Crippen molar-refractivity contribution in [3.8, 4) is 0 Å². The molecule has 0 saturated carbocycles. The summed E-state index contributed by atoms with van der Waals surface area (Å²) in [5.74, 6) is 0.884. The van der Waals surface area contributed by atoms with Crippen molar-refractivity contribution in [1.82, 2.24) is 15.5 Å². The van der Waals surface area contributed by atoms with E-state index in [1.807, 2.05) is 0 Å². The zero-order valence-electron chi connectivity index (χ0n) is 14.1. The number of methoxy groups -OCH3 is 1. The van der Waals surface area contributed by atoms with Crippen LogP contribution in [0.4, 0.5) is 0 Å². The van der Waals surface area contributed by atoms with Gasteiger partial charge in [0.1, 0.15) is 0 Å². The minimum Gasteiger partial charge on any atom is -0.385 e. The third-order valence-corrected chi connectivity index (χ3v) is 3.65. The summed E-state index contributed by atoms with van der Waals surface area (Å²) in [6, 6.07) is 0. The molecular formula is C15H32N4O2. The fourth-order valence-electron chi connectivity index (χ4n) is 2.31. The van der Waals surface area contributed by atoms with Crippen LogP contribution in [0.1, 0.15) is 27.2 Å². The van der Waals surface area contributed by atoms with Crippen molar-refractivity contribution in [2.75, 3.05) is 59.7 Å². The highest BCUT2D eigenvalue weighted by atomic mass is 16.5. The van der Waals surface area contributed by atoms with Gasteiger partial charge in [-0.15, -0.1) is 0 Å². The van der Waals surface area contributed by atoms with Crippen LogP contribution in [0.15, 0.2) is 4.99 Å². The number of nitrogens with one attached hydrogen (secondary N) is 2. The average molecular weight is 300 g/mol. The van der Waals surface area contributed by atoms with Gasteiger partial charge >= 0.3 is 0 Å². The predicted molar refractivity (Wildman–Crippen MR) is 86.9 cm³/mol. The molecule has 0 bridgehead atoms. The molecule has 1 rings (SSSR count). The molecule has 0 amide bonds. The first-order valence-corrected chi connectivity index (χ1v) is 7.94. The molecule has 1 heterocycles. The van der Waals surface area contributed by atoms with Crippen LogP contribution in [-0.4, -0.2) is 76.1 Å². The number of hydrogen-bond acceptors (Lipinski definition) is 4. The monoisotopic (exact) mass is 300 g/mol. The van der Waals surface area contributed by atoms with Gasteiger partial charge in [0.25, 0.3) is 0 Å². The molecule has 0 unspecified atom stereocenters. The molecule has 124 valence electrons. The zero-order valence-corrected chi connectivity index (χ0v) is 14.1. The lowest BCUT2D eigenvalue weighted by Gasteiger charge is -2.39. The molecule has 0 aromatic heterocycles. The van der Waals surface area contributed by atoms with Crippen LogP contribution in [-0.2, 0) is 9.47 Å². The van der Waals surface area contributed by atoms with Gasteiger partial charge in [-0.05, 0) is 27.2 Å². The van der Waals surface area contributed by atoms with E-state index >= 15 is 0 Å². The van der Waals surface area contributed by atoms with Crippen molar-refractivity contribution in [1.29, 1.82) is 0 Å². The highest BCUT2D eigenvalue weighted by molar-refractivity contribution is 5.79. The Balaban J connectivity index is 2.46. The summed E-state index contributed by atoms with van der Waals surface area (Å²) < 4.78 is 10.5. The molecule has 1 fully saturated rings. The highest BCUT2D eigenvalue weighted by Crippen LogP contribution is 2.16. The van der Waals surface area contributed by atoms with Crippen LogP contribution in [0.25, 0.3) is 0 Å². The standard InChI is InChI=1S/C15H32N4O2/c1-5-16-14(17-7-6-10-20-4)18-13-15(2,3)19-8-11-21-12-9-19/h5-13H2,1-4H3,(H2,16,17,18). The van der Waals surface area contributed by atoms with Crippen molar-refractivity contribution >= 4 is 5.96 Å². The van der Waals surface area contributed by atoms with Gasteiger partial charge in [-0.2, -0.15) is 0 Å². The van der Waals surface area contributed by atoms with Gasteiger partial charge < -0.3 is 20.1 Å². The van der Waals surface area contributed by atoms with E-state index in [0.717, 1.165) is 64.9 Å². The van der Waals surface area contributed by atoms with Crippen molar-refractivity contribution in [3.05, 3.63) is 0 Å². The van der Waals surface area contributed by atoms with E-state index in [2.05, 4.69) is 36.3 Å². The normalized spacial score (nSPS) is 17.8. The maximum atomic E-state index is 5.42. The van der Waals surface area contributed by atoms with Crippen LogP contribution in [0.2, 0.25) is 0 Å². The van der Waals surface area contributed by atoms with Crippen molar-refractivity contribution in [2.24, 2.45) is 4.99 Å². The molecule has 1 saturated heterocycles. The Bertz CT molecular complexity index is 302. The summed E-state index contributed by atoms with van der Waals surface area (Å²) in [6.45, 7) is 13.5. The SMILES string of the molecule is CCNC(=NCC(C)(C)N1CCOCC1)NCCCOC. The number of aliphatic imine (C=N–C) groups is 1. The summed E-state index contributed by atoms with van der Waals surface area (Å²) in [6.07, 6.45) is 0.980. The zero-order chi connectivity index (χ0) is 15.6. The summed E-state index contributed by atoms with van der Waals surface area (Å²) in [4.78, 5) is 7.18. The first-order chi connectivity index (χ1) is 10.1. The smallest absolute Gasteiger partial charge is 0.191 e. The van der Waals surface area contributed by atoms with Crippen molar-refractivity contribution in [2.45, 2.75) is 32.7 Å². The highest BCUT2D eigenvalue weighted by Gasteiger charge is 2.27. The molecule has 0 radical (unpaired) electrons. The fraction of sp³-hybridized carbons (Fsp3) is 0.933. The van der Waals surface area contributed by atoms with E-state index in [1.54, 1.807) is 7.11 Å². The van der Waals surface area contributed by atoms with Gasteiger partial charge in [-0.25, -0.2) is 0 Å². The summed E-state index contributed by atoms with van der Waals surface area (Å²) in [5, 5.41) is 6.64. The third kappa shape index (κ3) is 7.11. The Morgan fingerprint density at radius 3 is 2.62 bits per heavy atom. The predicted octanol–water partition coefficient (Wildman–Crippen LogP) is 0.689. The molecule has 0 aliphatic carbocycles. The lowest BCUT2D eigenvalue weighted by atomic mass is 10.0. The fourth-order valence-corrected chi connectivity index (χ4v) is 2.31. The number of guanidine groups is 1. The van der Waals surface area contributed by atoms with Crippen LogP contribution in [0, 0.1) is 0 Å². The van der Waals surface area contributed by atoms with Crippen LogP contribution in [0.5, 0.6) is 0 Å². The number of nitrogens with zero attached hydrogens (tertiary/aromatic N) is 2. The van der Waals surface area contributed by atoms with Gasteiger partial charge in [-0.1, -0.05) is 0 Å². The molecule has 1 aliphatic heterocycles. The van der Waals surface area contributed by atoms with Gasteiger partial charge in [0, 0.05) is 45.4 Å². The van der Waals surface area contributed by atoms with Gasteiger partial charge in [-0.3, -0.25) is 9.89 Å². The van der Waals surface area contributed by atoms with E-state index in [-0.39, 0.29) is 5.54 Å². The maximum absolute atomic E-state index is 5.42. The summed E-state index contributed by atoms with van der Waals surface area (Å²) in [5.41, 5.74) is 0.0542. The Labute approximate surface area is 129 Å². The number of hydrogen-bond donors (Lipinski definition) is 2. The Morgan fingerprint density at radius 1 is 1.29 bits per heavy atom. The summed E-state index contributed by atoms with van der Waals surface area (Å²) in [7, 11) is 1.73. The molecular weight excluding hydrogens is 268 g/mol.